The highest BCUT2D eigenvalue weighted by molar-refractivity contribution is 8.00. The van der Waals surface area contributed by atoms with Crippen LogP contribution in [0.1, 0.15) is 18.5 Å². The van der Waals surface area contributed by atoms with E-state index >= 15 is 0 Å². The summed E-state index contributed by atoms with van der Waals surface area (Å²) in [4.78, 5) is 14.1. The van der Waals surface area contributed by atoms with E-state index in [1.54, 1.807) is 30.8 Å². The number of benzene rings is 1. The molecule has 1 amide bonds. The molecule has 0 aliphatic rings. The normalized spacial score (nSPS) is 12.2. The van der Waals surface area contributed by atoms with E-state index in [0.29, 0.717) is 5.75 Å². The third kappa shape index (κ3) is 3.87. The molecule has 0 saturated carbocycles. The minimum atomic E-state index is 0.0325. The van der Waals surface area contributed by atoms with Gasteiger partial charge >= 0.3 is 0 Å². The lowest BCUT2D eigenvalue weighted by Crippen LogP contribution is -2.23. The molecule has 0 spiro atoms. The minimum Gasteiger partial charge on any atom is -0.348 e. The third-order valence-electron chi connectivity index (χ3n) is 2.24. The smallest absolute Gasteiger partial charge is 0.232 e. The molecule has 16 heavy (non-hydrogen) atoms. The number of hydrogen-bond donors (Lipinski definition) is 1. The highest BCUT2D eigenvalue weighted by atomic mass is 32.2. The molecule has 0 aromatic heterocycles. The molecule has 1 aromatic rings. The summed E-state index contributed by atoms with van der Waals surface area (Å²) in [6.07, 6.45) is 0. The molecule has 0 bridgehead atoms. The van der Waals surface area contributed by atoms with Gasteiger partial charge in [-0.3, -0.25) is 4.79 Å². The Morgan fingerprint density at radius 3 is 2.75 bits per heavy atom. The van der Waals surface area contributed by atoms with Crippen LogP contribution < -0.4 is 5.73 Å². The van der Waals surface area contributed by atoms with Crippen molar-refractivity contribution in [3.8, 4) is 0 Å². The van der Waals surface area contributed by atoms with Crippen molar-refractivity contribution in [2.75, 3.05) is 19.8 Å². The first-order chi connectivity index (χ1) is 7.50. The maximum atomic E-state index is 11.4. The van der Waals surface area contributed by atoms with Gasteiger partial charge in [0.1, 0.15) is 0 Å². The zero-order valence-corrected chi connectivity index (χ0v) is 10.8. The molecular formula is C12H18N2OS. The van der Waals surface area contributed by atoms with Gasteiger partial charge in [0.05, 0.1) is 5.75 Å². The van der Waals surface area contributed by atoms with E-state index in [1.165, 1.54) is 0 Å². The maximum Gasteiger partial charge on any atom is 0.232 e. The molecule has 1 atom stereocenters. The number of amides is 1. The van der Waals surface area contributed by atoms with Gasteiger partial charge in [-0.1, -0.05) is 12.1 Å². The molecule has 2 N–H and O–H groups in total. The molecule has 88 valence electrons. The van der Waals surface area contributed by atoms with Gasteiger partial charge in [-0.15, -0.1) is 11.8 Å². The number of carbonyl (C=O) groups is 1. The molecule has 1 rings (SSSR count). The average molecular weight is 238 g/mol. The zero-order chi connectivity index (χ0) is 12.1. The highest BCUT2D eigenvalue weighted by Gasteiger charge is 2.06. The molecule has 3 nitrogen and oxygen atoms in total. The van der Waals surface area contributed by atoms with Crippen LogP contribution in [0.4, 0.5) is 0 Å². The van der Waals surface area contributed by atoms with Crippen LogP contribution in [0.3, 0.4) is 0 Å². The van der Waals surface area contributed by atoms with Crippen molar-refractivity contribution >= 4 is 17.7 Å². The second kappa shape index (κ2) is 5.92. The van der Waals surface area contributed by atoms with Crippen LogP contribution >= 0.6 is 11.8 Å². The first-order valence-corrected chi connectivity index (χ1v) is 6.17. The Balaban J connectivity index is 2.61. The van der Waals surface area contributed by atoms with Gasteiger partial charge < -0.3 is 10.6 Å². The number of carbonyl (C=O) groups excluding carboxylic acids is 1. The van der Waals surface area contributed by atoms with Crippen LogP contribution in [0, 0.1) is 0 Å². The largest absolute Gasteiger partial charge is 0.348 e. The second-order valence-electron chi connectivity index (χ2n) is 3.94. The van der Waals surface area contributed by atoms with E-state index in [2.05, 4.69) is 0 Å². The first-order valence-electron chi connectivity index (χ1n) is 5.19. The fourth-order valence-corrected chi connectivity index (χ4v) is 2.10. The van der Waals surface area contributed by atoms with Crippen molar-refractivity contribution in [1.29, 1.82) is 0 Å². The lowest BCUT2D eigenvalue weighted by molar-refractivity contribution is -0.125. The van der Waals surface area contributed by atoms with Gasteiger partial charge in [-0.05, 0) is 24.6 Å². The standard InChI is InChI=1S/C12H18N2OS/c1-9(13)10-5-4-6-11(7-10)16-8-12(15)14(2)3/h4-7,9H,8,13H2,1-3H3. The predicted molar refractivity (Wildman–Crippen MR) is 68.5 cm³/mol. The number of nitrogens with two attached hydrogens (primary N) is 1. The lowest BCUT2D eigenvalue weighted by Gasteiger charge is -2.11. The molecule has 0 aliphatic heterocycles. The van der Waals surface area contributed by atoms with Crippen molar-refractivity contribution in [2.45, 2.75) is 17.9 Å². The molecule has 0 heterocycles. The van der Waals surface area contributed by atoms with Gasteiger partial charge in [0.2, 0.25) is 5.91 Å². The summed E-state index contributed by atoms with van der Waals surface area (Å²) in [5.74, 6) is 0.589. The summed E-state index contributed by atoms with van der Waals surface area (Å²) in [7, 11) is 3.53. The molecule has 1 unspecified atom stereocenters. The molecule has 4 heteroatoms. The van der Waals surface area contributed by atoms with E-state index in [-0.39, 0.29) is 11.9 Å². The van der Waals surface area contributed by atoms with Crippen LogP contribution in [0.5, 0.6) is 0 Å². The van der Waals surface area contributed by atoms with Gasteiger partial charge in [0.15, 0.2) is 0 Å². The number of rotatable bonds is 4. The Bertz CT molecular complexity index is 364. The Labute approximate surface area is 101 Å². The van der Waals surface area contributed by atoms with Crippen molar-refractivity contribution in [2.24, 2.45) is 5.73 Å². The van der Waals surface area contributed by atoms with Crippen LogP contribution in [0.15, 0.2) is 29.2 Å². The van der Waals surface area contributed by atoms with E-state index in [1.807, 2.05) is 31.2 Å². The van der Waals surface area contributed by atoms with Crippen LogP contribution in [0.25, 0.3) is 0 Å². The summed E-state index contributed by atoms with van der Waals surface area (Å²) < 4.78 is 0. The quantitative estimate of drug-likeness (QED) is 0.815. The van der Waals surface area contributed by atoms with E-state index < -0.39 is 0 Å². The maximum absolute atomic E-state index is 11.4. The number of hydrogen-bond acceptors (Lipinski definition) is 3. The molecule has 0 radical (unpaired) electrons. The SMILES string of the molecule is CC(N)c1cccc(SCC(=O)N(C)C)c1. The van der Waals surface area contributed by atoms with Crippen LogP contribution in [-0.4, -0.2) is 30.7 Å². The fraction of sp³-hybridized carbons (Fsp3) is 0.417. The van der Waals surface area contributed by atoms with E-state index in [4.69, 9.17) is 5.73 Å². The van der Waals surface area contributed by atoms with Gasteiger partial charge in [-0.2, -0.15) is 0 Å². The summed E-state index contributed by atoms with van der Waals surface area (Å²) in [5.41, 5.74) is 6.90. The van der Waals surface area contributed by atoms with E-state index in [0.717, 1.165) is 10.5 Å². The average Bonchev–Trinajstić information content (AvgIpc) is 2.26. The molecule has 1 aromatic carbocycles. The fourth-order valence-electron chi connectivity index (χ4n) is 1.16. The third-order valence-corrected chi connectivity index (χ3v) is 3.22. The Kier molecular flexibility index (Phi) is 4.83. The highest BCUT2D eigenvalue weighted by Crippen LogP contribution is 2.21. The Morgan fingerprint density at radius 2 is 2.19 bits per heavy atom. The topological polar surface area (TPSA) is 46.3 Å². The van der Waals surface area contributed by atoms with Crippen molar-refractivity contribution in [1.82, 2.24) is 4.90 Å². The number of nitrogens with zero attached hydrogens (tertiary/aromatic N) is 1. The van der Waals surface area contributed by atoms with Crippen molar-refractivity contribution in [3.63, 3.8) is 0 Å². The van der Waals surface area contributed by atoms with Crippen molar-refractivity contribution < 1.29 is 4.79 Å². The molecule has 0 aliphatic carbocycles. The lowest BCUT2D eigenvalue weighted by atomic mass is 10.1. The number of thioether (sulfide) groups is 1. The summed E-state index contributed by atoms with van der Waals surface area (Å²) in [6.45, 7) is 1.95. The zero-order valence-electron chi connectivity index (χ0n) is 9.93. The molecule has 0 saturated heterocycles. The van der Waals surface area contributed by atoms with Crippen LogP contribution in [-0.2, 0) is 4.79 Å². The summed E-state index contributed by atoms with van der Waals surface area (Å²) in [6, 6.07) is 8.05. The second-order valence-corrected chi connectivity index (χ2v) is 4.99. The first kappa shape index (κ1) is 13.1. The molecule has 0 fully saturated rings. The van der Waals surface area contributed by atoms with Gasteiger partial charge in [0, 0.05) is 25.0 Å². The van der Waals surface area contributed by atoms with E-state index in [9.17, 15) is 4.79 Å². The minimum absolute atomic E-state index is 0.0325. The molecular weight excluding hydrogens is 220 g/mol. The monoisotopic (exact) mass is 238 g/mol. The van der Waals surface area contributed by atoms with Gasteiger partial charge in [-0.25, -0.2) is 0 Å². The predicted octanol–water partition coefficient (Wildman–Crippen LogP) is 1.89. The Hall–Kier alpha value is -1.00. The Morgan fingerprint density at radius 1 is 1.50 bits per heavy atom. The summed E-state index contributed by atoms with van der Waals surface area (Å²) in [5, 5.41) is 0. The van der Waals surface area contributed by atoms with Crippen LogP contribution in [0.2, 0.25) is 0 Å². The van der Waals surface area contributed by atoms with Gasteiger partial charge in [0.25, 0.3) is 0 Å². The summed E-state index contributed by atoms with van der Waals surface area (Å²) >= 11 is 1.54. The van der Waals surface area contributed by atoms with Crippen molar-refractivity contribution in [3.05, 3.63) is 29.8 Å².